The van der Waals surface area contributed by atoms with E-state index in [0.717, 1.165) is 36.2 Å². The maximum absolute atomic E-state index is 12.4. The molecule has 5 heteroatoms. The Morgan fingerprint density at radius 3 is 2.70 bits per heavy atom. The maximum Gasteiger partial charge on any atom is 0.223 e. The summed E-state index contributed by atoms with van der Waals surface area (Å²) in [6.07, 6.45) is 4.69. The van der Waals surface area contributed by atoms with Crippen molar-refractivity contribution in [3.8, 4) is 0 Å². The molecule has 0 fully saturated rings. The summed E-state index contributed by atoms with van der Waals surface area (Å²) in [7, 11) is 2.05. The van der Waals surface area contributed by atoms with Crippen LogP contribution in [0.4, 0.5) is 0 Å². The number of nitrogens with zero attached hydrogens (tertiary/aromatic N) is 2. The van der Waals surface area contributed by atoms with E-state index in [1.165, 1.54) is 5.69 Å². The molecule has 1 amide bonds. The molecule has 2 rings (SSSR count). The maximum atomic E-state index is 12.4. The quantitative estimate of drug-likeness (QED) is 0.825. The van der Waals surface area contributed by atoms with Crippen molar-refractivity contribution in [1.82, 2.24) is 20.1 Å². The van der Waals surface area contributed by atoms with Crippen LogP contribution in [-0.4, -0.2) is 26.7 Å². The fourth-order valence-corrected chi connectivity index (χ4v) is 2.85. The smallest absolute Gasteiger partial charge is 0.223 e. The highest BCUT2D eigenvalue weighted by molar-refractivity contribution is 5.78. The van der Waals surface area contributed by atoms with Crippen molar-refractivity contribution in [2.75, 3.05) is 0 Å². The van der Waals surface area contributed by atoms with Gasteiger partial charge in [-0.1, -0.05) is 6.92 Å². The second-order valence-corrected chi connectivity index (χ2v) is 6.58. The van der Waals surface area contributed by atoms with Gasteiger partial charge in [0.05, 0.1) is 5.69 Å². The zero-order valence-corrected chi connectivity index (χ0v) is 14.8. The molecule has 2 aromatic rings. The number of hydrogen-bond acceptors (Lipinski definition) is 2. The molecule has 2 atom stereocenters. The van der Waals surface area contributed by atoms with Gasteiger partial charge in [0, 0.05) is 36.6 Å². The highest BCUT2D eigenvalue weighted by Gasteiger charge is 2.19. The van der Waals surface area contributed by atoms with Crippen LogP contribution >= 0.6 is 0 Å². The molecule has 0 aliphatic heterocycles. The minimum atomic E-state index is -0.0533. The number of aromatic amines is 1. The predicted molar refractivity (Wildman–Crippen MR) is 92.3 cm³/mol. The molecule has 0 radical (unpaired) electrons. The van der Waals surface area contributed by atoms with Crippen LogP contribution in [0.5, 0.6) is 0 Å². The molecule has 126 valence electrons. The molecule has 0 saturated heterocycles. The molecular formula is C18H28N4O. The van der Waals surface area contributed by atoms with Crippen molar-refractivity contribution in [3.63, 3.8) is 0 Å². The van der Waals surface area contributed by atoms with Gasteiger partial charge in [-0.05, 0) is 57.7 Å². The summed E-state index contributed by atoms with van der Waals surface area (Å²) in [6.45, 7) is 8.03. The van der Waals surface area contributed by atoms with Crippen LogP contribution in [-0.2, 0) is 24.7 Å². The van der Waals surface area contributed by atoms with Crippen LogP contribution in [0.1, 0.15) is 42.9 Å². The van der Waals surface area contributed by atoms with Gasteiger partial charge in [-0.15, -0.1) is 0 Å². The molecule has 0 unspecified atom stereocenters. The summed E-state index contributed by atoms with van der Waals surface area (Å²) in [5, 5.41) is 10.3. The monoisotopic (exact) mass is 316 g/mol. The number of amides is 1. The summed E-state index contributed by atoms with van der Waals surface area (Å²) < 4.78 is 2.13. The average Bonchev–Trinajstić information content (AvgIpc) is 3.05. The first-order valence-corrected chi connectivity index (χ1v) is 8.29. The summed E-state index contributed by atoms with van der Waals surface area (Å²) in [5.41, 5.74) is 4.49. The van der Waals surface area contributed by atoms with E-state index in [-0.39, 0.29) is 17.9 Å². The van der Waals surface area contributed by atoms with E-state index in [9.17, 15) is 4.79 Å². The molecule has 0 aliphatic rings. The Balaban J connectivity index is 1.82. The van der Waals surface area contributed by atoms with Crippen LogP contribution in [0.15, 0.2) is 18.3 Å². The zero-order valence-electron chi connectivity index (χ0n) is 14.8. The molecule has 0 saturated carbocycles. The van der Waals surface area contributed by atoms with Crippen molar-refractivity contribution in [2.24, 2.45) is 13.0 Å². The third kappa shape index (κ3) is 4.47. The number of H-pyrrole nitrogens is 1. The Morgan fingerprint density at radius 1 is 1.39 bits per heavy atom. The first-order valence-electron chi connectivity index (χ1n) is 8.29. The minimum Gasteiger partial charge on any atom is -0.354 e. The SMILES string of the molecule is Cc1n[nH]c(C)c1C[C@H](C)C(=O)N[C@@H](C)CCc1cccn1C. The normalized spacial score (nSPS) is 13.8. The Bertz CT molecular complexity index is 636. The highest BCUT2D eigenvalue weighted by atomic mass is 16.1. The van der Waals surface area contributed by atoms with Crippen LogP contribution in [0.3, 0.4) is 0 Å². The van der Waals surface area contributed by atoms with Crippen molar-refractivity contribution in [3.05, 3.63) is 41.0 Å². The van der Waals surface area contributed by atoms with E-state index in [2.05, 4.69) is 52.4 Å². The molecule has 0 aliphatic carbocycles. The molecule has 0 aromatic carbocycles. The summed E-state index contributed by atoms with van der Waals surface area (Å²) >= 11 is 0. The lowest BCUT2D eigenvalue weighted by Crippen LogP contribution is -2.37. The van der Waals surface area contributed by atoms with Crippen LogP contribution in [0.25, 0.3) is 0 Å². The van der Waals surface area contributed by atoms with Gasteiger partial charge in [-0.3, -0.25) is 9.89 Å². The lowest BCUT2D eigenvalue weighted by Gasteiger charge is -2.18. The van der Waals surface area contributed by atoms with Gasteiger partial charge in [0.2, 0.25) is 5.91 Å². The topological polar surface area (TPSA) is 62.7 Å². The Kier molecular flexibility index (Phi) is 5.64. The predicted octanol–water partition coefficient (Wildman–Crippen LogP) is 2.68. The number of aromatic nitrogens is 3. The van der Waals surface area contributed by atoms with E-state index in [1.54, 1.807) is 0 Å². The number of rotatable bonds is 7. The lowest BCUT2D eigenvalue weighted by atomic mass is 9.98. The molecule has 0 bridgehead atoms. The molecule has 2 N–H and O–H groups in total. The minimum absolute atomic E-state index is 0.0533. The van der Waals surface area contributed by atoms with Gasteiger partial charge < -0.3 is 9.88 Å². The molecule has 0 spiro atoms. The van der Waals surface area contributed by atoms with Crippen molar-refractivity contribution >= 4 is 5.91 Å². The molecule has 5 nitrogen and oxygen atoms in total. The number of aryl methyl sites for hydroxylation is 4. The standard InChI is InChI=1S/C18H28N4O/c1-12(11-17-14(3)20-21-15(17)4)18(23)19-13(2)8-9-16-7-6-10-22(16)5/h6-7,10,12-13H,8-9,11H2,1-5H3,(H,19,23)(H,20,21)/t12-,13-/m0/s1. The van der Waals surface area contributed by atoms with E-state index in [4.69, 9.17) is 0 Å². The van der Waals surface area contributed by atoms with Crippen LogP contribution < -0.4 is 5.32 Å². The van der Waals surface area contributed by atoms with Gasteiger partial charge in [0.1, 0.15) is 0 Å². The third-order valence-corrected chi connectivity index (χ3v) is 4.51. The second-order valence-electron chi connectivity index (χ2n) is 6.58. The van der Waals surface area contributed by atoms with Gasteiger partial charge >= 0.3 is 0 Å². The Hall–Kier alpha value is -2.04. The van der Waals surface area contributed by atoms with Crippen LogP contribution in [0.2, 0.25) is 0 Å². The van der Waals surface area contributed by atoms with Crippen molar-refractivity contribution in [1.29, 1.82) is 0 Å². The highest BCUT2D eigenvalue weighted by Crippen LogP contribution is 2.15. The third-order valence-electron chi connectivity index (χ3n) is 4.51. The lowest BCUT2D eigenvalue weighted by molar-refractivity contribution is -0.125. The fraction of sp³-hybridized carbons (Fsp3) is 0.556. The van der Waals surface area contributed by atoms with Crippen molar-refractivity contribution in [2.45, 2.75) is 53.0 Å². The van der Waals surface area contributed by atoms with Gasteiger partial charge in [0.25, 0.3) is 0 Å². The first kappa shape index (κ1) is 17.3. The first-order chi connectivity index (χ1) is 10.9. The van der Waals surface area contributed by atoms with Gasteiger partial charge in [-0.25, -0.2) is 0 Å². The average molecular weight is 316 g/mol. The second kappa shape index (κ2) is 7.49. The van der Waals surface area contributed by atoms with Gasteiger partial charge in [-0.2, -0.15) is 5.10 Å². The zero-order chi connectivity index (χ0) is 17.0. The molecule has 23 heavy (non-hydrogen) atoms. The van der Waals surface area contributed by atoms with E-state index in [0.29, 0.717) is 0 Å². The Labute approximate surface area is 138 Å². The number of carbonyl (C=O) groups is 1. The number of hydrogen-bond donors (Lipinski definition) is 2. The summed E-state index contributed by atoms with van der Waals surface area (Å²) in [4.78, 5) is 12.4. The van der Waals surface area contributed by atoms with Crippen molar-refractivity contribution < 1.29 is 4.79 Å². The molecule has 2 heterocycles. The van der Waals surface area contributed by atoms with E-state index >= 15 is 0 Å². The van der Waals surface area contributed by atoms with E-state index < -0.39 is 0 Å². The Morgan fingerprint density at radius 2 is 2.13 bits per heavy atom. The number of nitrogens with one attached hydrogen (secondary N) is 2. The van der Waals surface area contributed by atoms with Crippen LogP contribution in [0, 0.1) is 19.8 Å². The fourth-order valence-electron chi connectivity index (χ4n) is 2.85. The molecular weight excluding hydrogens is 288 g/mol. The largest absolute Gasteiger partial charge is 0.354 e. The summed E-state index contributed by atoms with van der Waals surface area (Å²) in [6, 6.07) is 4.35. The summed E-state index contributed by atoms with van der Waals surface area (Å²) in [5.74, 6) is 0.0619. The van der Waals surface area contributed by atoms with E-state index in [1.807, 2.05) is 20.8 Å². The molecule has 2 aromatic heterocycles. The van der Waals surface area contributed by atoms with Gasteiger partial charge in [0.15, 0.2) is 0 Å². The number of carbonyl (C=O) groups excluding carboxylic acids is 1.